The van der Waals surface area contributed by atoms with Crippen LogP contribution in [-0.2, 0) is 6.42 Å². The minimum absolute atomic E-state index is 0.114. The maximum Gasteiger partial charge on any atom is 0.189 e. The van der Waals surface area contributed by atoms with E-state index in [1.165, 1.54) is 0 Å². The second kappa shape index (κ2) is 6.06. The van der Waals surface area contributed by atoms with Gasteiger partial charge in [-0.25, -0.2) is 0 Å². The minimum atomic E-state index is 0.114. The molecule has 2 aromatic carbocycles. The van der Waals surface area contributed by atoms with Crippen LogP contribution in [0, 0.1) is 0 Å². The number of allylic oxidation sites excluding steroid dienone is 1. The highest BCUT2D eigenvalue weighted by Crippen LogP contribution is 2.29. The molecule has 0 bridgehead atoms. The zero-order valence-corrected chi connectivity index (χ0v) is 12.8. The van der Waals surface area contributed by atoms with Crippen LogP contribution in [0.2, 0.25) is 0 Å². The first-order valence-corrected chi connectivity index (χ1v) is 7.27. The minimum Gasteiger partial charge on any atom is -0.497 e. The van der Waals surface area contributed by atoms with Crippen LogP contribution >= 0.6 is 0 Å². The molecule has 0 atom stereocenters. The number of Topliss-reactive ketones (excluding diaryl/α,β-unsaturated/α-hetero) is 1. The van der Waals surface area contributed by atoms with Gasteiger partial charge in [-0.3, -0.25) is 4.79 Å². The molecule has 2 aromatic rings. The number of ketones is 1. The summed E-state index contributed by atoms with van der Waals surface area (Å²) < 4.78 is 10.6. The van der Waals surface area contributed by atoms with E-state index in [1.807, 2.05) is 48.5 Å². The molecule has 1 aliphatic rings. The Labute approximate surface area is 130 Å². The molecule has 0 unspecified atom stereocenters. The average Bonchev–Trinajstić information content (AvgIpc) is 2.57. The zero-order valence-electron chi connectivity index (χ0n) is 12.8. The van der Waals surface area contributed by atoms with E-state index in [9.17, 15) is 4.79 Å². The Hall–Kier alpha value is -2.55. The molecule has 3 nitrogen and oxygen atoms in total. The van der Waals surface area contributed by atoms with Crippen LogP contribution < -0.4 is 9.47 Å². The van der Waals surface area contributed by atoms with Crippen molar-refractivity contribution in [3.05, 3.63) is 64.7 Å². The molecular formula is C19H18O3. The predicted octanol–water partition coefficient (Wildman–Crippen LogP) is 3.92. The van der Waals surface area contributed by atoms with Crippen LogP contribution in [-0.4, -0.2) is 20.0 Å². The van der Waals surface area contributed by atoms with Crippen molar-refractivity contribution in [2.45, 2.75) is 12.8 Å². The van der Waals surface area contributed by atoms with Gasteiger partial charge in [0.1, 0.15) is 11.5 Å². The van der Waals surface area contributed by atoms with E-state index in [1.54, 1.807) is 14.2 Å². The molecule has 0 spiro atoms. The number of hydrogen-bond donors (Lipinski definition) is 0. The first kappa shape index (κ1) is 14.4. The fourth-order valence-corrected chi connectivity index (χ4v) is 2.77. The van der Waals surface area contributed by atoms with Crippen LogP contribution in [0.4, 0.5) is 0 Å². The SMILES string of the molecule is COc1cc(/C=C2\CCc3ccccc3C2=O)cc(OC)c1. The van der Waals surface area contributed by atoms with Gasteiger partial charge in [0.2, 0.25) is 0 Å². The van der Waals surface area contributed by atoms with E-state index >= 15 is 0 Å². The molecule has 0 saturated carbocycles. The molecule has 0 radical (unpaired) electrons. The van der Waals surface area contributed by atoms with E-state index < -0.39 is 0 Å². The summed E-state index contributed by atoms with van der Waals surface area (Å²) in [5.41, 5.74) is 3.69. The number of aryl methyl sites for hydroxylation is 1. The van der Waals surface area contributed by atoms with Gasteiger partial charge >= 0.3 is 0 Å². The monoisotopic (exact) mass is 294 g/mol. The molecule has 0 heterocycles. The number of carbonyl (C=O) groups excluding carboxylic acids is 1. The van der Waals surface area contributed by atoms with E-state index in [0.29, 0.717) is 0 Å². The highest BCUT2D eigenvalue weighted by molar-refractivity contribution is 6.13. The summed E-state index contributed by atoms with van der Waals surface area (Å²) in [6, 6.07) is 13.4. The lowest BCUT2D eigenvalue weighted by molar-refractivity contribution is 0.102. The molecule has 3 rings (SSSR count). The molecule has 0 aromatic heterocycles. The van der Waals surface area contributed by atoms with Crippen molar-refractivity contribution in [1.29, 1.82) is 0 Å². The molecule has 0 saturated heterocycles. The predicted molar refractivity (Wildman–Crippen MR) is 86.6 cm³/mol. The Bertz CT molecular complexity index is 722. The Kier molecular flexibility index (Phi) is 3.96. The number of rotatable bonds is 3. The third-order valence-corrected chi connectivity index (χ3v) is 3.93. The number of methoxy groups -OCH3 is 2. The molecule has 0 aliphatic heterocycles. The van der Waals surface area contributed by atoms with Crippen molar-refractivity contribution < 1.29 is 14.3 Å². The lowest BCUT2D eigenvalue weighted by atomic mass is 9.86. The third-order valence-electron chi connectivity index (χ3n) is 3.93. The van der Waals surface area contributed by atoms with Crippen LogP contribution in [0.25, 0.3) is 6.08 Å². The summed E-state index contributed by atoms with van der Waals surface area (Å²) in [5.74, 6) is 1.55. The summed E-state index contributed by atoms with van der Waals surface area (Å²) in [4.78, 5) is 12.6. The summed E-state index contributed by atoms with van der Waals surface area (Å²) >= 11 is 0. The summed E-state index contributed by atoms with van der Waals surface area (Å²) in [6.45, 7) is 0. The van der Waals surface area contributed by atoms with Crippen LogP contribution in [0.3, 0.4) is 0 Å². The van der Waals surface area contributed by atoms with Gasteiger partial charge in [0, 0.05) is 17.2 Å². The molecule has 0 amide bonds. The van der Waals surface area contributed by atoms with Crippen LogP contribution in [0.5, 0.6) is 11.5 Å². The Morgan fingerprint density at radius 3 is 2.32 bits per heavy atom. The normalized spacial score (nSPS) is 15.5. The maximum atomic E-state index is 12.6. The Morgan fingerprint density at radius 1 is 0.955 bits per heavy atom. The van der Waals surface area contributed by atoms with Gasteiger partial charge in [0.25, 0.3) is 0 Å². The van der Waals surface area contributed by atoms with Crippen molar-refractivity contribution >= 4 is 11.9 Å². The molecule has 112 valence electrons. The van der Waals surface area contributed by atoms with Crippen molar-refractivity contribution in [3.63, 3.8) is 0 Å². The van der Waals surface area contributed by atoms with Gasteiger partial charge in [-0.1, -0.05) is 24.3 Å². The van der Waals surface area contributed by atoms with Crippen molar-refractivity contribution in [1.82, 2.24) is 0 Å². The molecule has 0 fully saturated rings. The maximum absolute atomic E-state index is 12.6. The topological polar surface area (TPSA) is 35.5 Å². The molecule has 22 heavy (non-hydrogen) atoms. The summed E-state index contributed by atoms with van der Waals surface area (Å²) in [6.07, 6.45) is 3.59. The quantitative estimate of drug-likeness (QED) is 0.805. The Balaban J connectivity index is 1.98. The van der Waals surface area contributed by atoms with Crippen molar-refractivity contribution in [2.24, 2.45) is 0 Å². The molecule has 1 aliphatic carbocycles. The van der Waals surface area contributed by atoms with Crippen molar-refractivity contribution in [2.75, 3.05) is 14.2 Å². The number of hydrogen-bond acceptors (Lipinski definition) is 3. The van der Waals surface area contributed by atoms with Crippen molar-refractivity contribution in [3.8, 4) is 11.5 Å². The smallest absolute Gasteiger partial charge is 0.189 e. The molecule has 3 heteroatoms. The van der Waals surface area contributed by atoms with E-state index in [2.05, 4.69) is 0 Å². The van der Waals surface area contributed by atoms with Crippen LogP contribution in [0.15, 0.2) is 48.0 Å². The van der Waals surface area contributed by atoms with Crippen LogP contribution in [0.1, 0.15) is 27.9 Å². The molecule has 0 N–H and O–H groups in total. The van der Waals surface area contributed by atoms with E-state index in [0.717, 1.165) is 46.6 Å². The largest absolute Gasteiger partial charge is 0.497 e. The standard InChI is InChI=1S/C19H18O3/c1-21-16-10-13(11-17(12-16)22-2)9-15-8-7-14-5-3-4-6-18(14)19(15)20/h3-6,9-12H,7-8H2,1-2H3/b15-9+. The fraction of sp³-hybridized carbons (Fsp3) is 0.211. The second-order valence-corrected chi connectivity index (χ2v) is 5.30. The number of ether oxygens (including phenoxy) is 2. The summed E-state index contributed by atoms with van der Waals surface area (Å²) in [5, 5.41) is 0. The lowest BCUT2D eigenvalue weighted by Crippen LogP contribution is -2.13. The molecular weight excluding hydrogens is 276 g/mol. The van der Waals surface area contributed by atoms with Gasteiger partial charge in [0.05, 0.1) is 14.2 Å². The van der Waals surface area contributed by atoms with E-state index in [4.69, 9.17) is 9.47 Å². The number of carbonyl (C=O) groups is 1. The average molecular weight is 294 g/mol. The summed E-state index contributed by atoms with van der Waals surface area (Å²) in [7, 11) is 3.24. The third kappa shape index (κ3) is 2.75. The highest BCUT2D eigenvalue weighted by Gasteiger charge is 2.21. The number of benzene rings is 2. The second-order valence-electron chi connectivity index (χ2n) is 5.30. The lowest BCUT2D eigenvalue weighted by Gasteiger charge is -2.17. The highest BCUT2D eigenvalue weighted by atomic mass is 16.5. The van der Waals surface area contributed by atoms with Gasteiger partial charge in [-0.05, 0) is 42.2 Å². The zero-order chi connectivity index (χ0) is 15.5. The fourth-order valence-electron chi connectivity index (χ4n) is 2.77. The van der Waals surface area contributed by atoms with Gasteiger partial charge in [-0.15, -0.1) is 0 Å². The first-order chi connectivity index (χ1) is 10.7. The first-order valence-electron chi connectivity index (χ1n) is 7.27. The van der Waals surface area contributed by atoms with Gasteiger partial charge < -0.3 is 9.47 Å². The van der Waals surface area contributed by atoms with Gasteiger partial charge in [0.15, 0.2) is 5.78 Å². The Morgan fingerprint density at radius 2 is 1.64 bits per heavy atom. The number of fused-ring (bicyclic) bond motifs is 1. The van der Waals surface area contributed by atoms with E-state index in [-0.39, 0.29) is 5.78 Å². The van der Waals surface area contributed by atoms with Gasteiger partial charge in [-0.2, -0.15) is 0 Å².